The van der Waals surface area contributed by atoms with E-state index in [0.717, 1.165) is 55.7 Å². The highest BCUT2D eigenvalue weighted by atomic mass is 16.3. The normalized spacial score (nSPS) is 15.4. The van der Waals surface area contributed by atoms with Crippen LogP contribution in [0.5, 0.6) is 0 Å². The van der Waals surface area contributed by atoms with Crippen molar-refractivity contribution in [2.75, 3.05) is 4.90 Å². The summed E-state index contributed by atoms with van der Waals surface area (Å²) in [6, 6.07) is 63.6. The maximum absolute atomic E-state index is 6.86. The third kappa shape index (κ3) is 5.36. The molecule has 0 saturated carbocycles. The molecule has 5 nitrogen and oxygen atoms in total. The minimum Gasteiger partial charge on any atom is -0.456 e. The summed E-state index contributed by atoms with van der Waals surface area (Å²) >= 11 is 0. The van der Waals surface area contributed by atoms with Crippen molar-refractivity contribution in [1.82, 2.24) is 15.0 Å². The number of para-hydroxylation sites is 3. The van der Waals surface area contributed by atoms with Gasteiger partial charge in [0, 0.05) is 39.4 Å². The van der Waals surface area contributed by atoms with Crippen molar-refractivity contribution >= 4 is 28.4 Å². The molecule has 0 N–H and O–H groups in total. The van der Waals surface area contributed by atoms with Crippen LogP contribution in [0.2, 0.25) is 0 Å². The van der Waals surface area contributed by atoms with Crippen LogP contribution in [0, 0.1) is 0 Å². The zero-order valence-corrected chi connectivity index (χ0v) is 30.3. The Kier molecular flexibility index (Phi) is 7.56. The fraction of sp³-hybridized carbons (Fsp3) is 0.0392. The largest absolute Gasteiger partial charge is 0.456 e. The van der Waals surface area contributed by atoms with E-state index in [1.54, 1.807) is 0 Å². The molecule has 0 amide bonds. The molecule has 9 aromatic rings. The van der Waals surface area contributed by atoms with Gasteiger partial charge in [0.2, 0.25) is 0 Å². The number of aromatic nitrogens is 3. The highest BCUT2D eigenvalue weighted by molar-refractivity contribution is 5.97. The maximum Gasteiger partial charge on any atom is 0.167 e. The van der Waals surface area contributed by atoms with Gasteiger partial charge in [-0.2, -0.15) is 0 Å². The van der Waals surface area contributed by atoms with Gasteiger partial charge in [-0.15, -0.1) is 0 Å². The summed E-state index contributed by atoms with van der Waals surface area (Å²) in [4.78, 5) is 17.9. The van der Waals surface area contributed by atoms with E-state index in [4.69, 9.17) is 19.4 Å². The summed E-state index contributed by atoms with van der Waals surface area (Å²) in [5, 5.41) is 1.07. The topological polar surface area (TPSA) is 55.1 Å². The van der Waals surface area contributed by atoms with E-state index in [9.17, 15) is 0 Å². The van der Waals surface area contributed by atoms with Crippen molar-refractivity contribution in [2.45, 2.75) is 12.0 Å². The quantitative estimate of drug-likeness (QED) is 0.171. The summed E-state index contributed by atoms with van der Waals surface area (Å²) < 4.78 is 6.86. The molecule has 0 saturated heterocycles. The number of fused-ring (bicyclic) bond motifs is 7. The molecular weight excluding hydrogens is 685 g/mol. The van der Waals surface area contributed by atoms with Gasteiger partial charge in [-0.25, -0.2) is 15.0 Å². The molecule has 2 unspecified atom stereocenters. The van der Waals surface area contributed by atoms with Gasteiger partial charge in [-0.3, -0.25) is 0 Å². The van der Waals surface area contributed by atoms with Crippen LogP contribution >= 0.6 is 0 Å². The van der Waals surface area contributed by atoms with Crippen molar-refractivity contribution < 1.29 is 4.42 Å². The summed E-state index contributed by atoms with van der Waals surface area (Å²) in [6.07, 6.45) is 4.44. The predicted molar refractivity (Wildman–Crippen MR) is 226 cm³/mol. The Morgan fingerprint density at radius 1 is 0.446 bits per heavy atom. The molecule has 2 atom stereocenters. The Labute approximate surface area is 324 Å². The Morgan fingerprint density at radius 3 is 1.59 bits per heavy atom. The minimum absolute atomic E-state index is 0.0960. The van der Waals surface area contributed by atoms with Crippen molar-refractivity contribution in [3.63, 3.8) is 0 Å². The lowest BCUT2D eigenvalue weighted by Crippen LogP contribution is -2.30. The zero-order chi connectivity index (χ0) is 37.0. The highest BCUT2D eigenvalue weighted by Crippen LogP contribution is 2.54. The second-order valence-electron chi connectivity index (χ2n) is 14.3. The van der Waals surface area contributed by atoms with Crippen molar-refractivity contribution in [1.29, 1.82) is 0 Å². The van der Waals surface area contributed by atoms with Crippen LogP contribution in [-0.4, -0.2) is 21.0 Å². The van der Waals surface area contributed by atoms with E-state index in [1.165, 1.54) is 22.5 Å². The Bertz CT molecular complexity index is 2800. The van der Waals surface area contributed by atoms with Gasteiger partial charge in [0.1, 0.15) is 11.3 Å². The lowest BCUT2D eigenvalue weighted by molar-refractivity contribution is 0.584. The Balaban J connectivity index is 1.05. The molecule has 0 radical (unpaired) electrons. The summed E-state index contributed by atoms with van der Waals surface area (Å²) in [5.74, 6) is 2.75. The third-order valence-electron chi connectivity index (χ3n) is 11.1. The van der Waals surface area contributed by atoms with Crippen LogP contribution in [0.1, 0.15) is 22.8 Å². The molecule has 7 aromatic carbocycles. The number of hydrogen-bond acceptors (Lipinski definition) is 5. The first-order valence-corrected chi connectivity index (χ1v) is 19.0. The van der Waals surface area contributed by atoms with Crippen molar-refractivity contribution in [3.05, 3.63) is 205 Å². The van der Waals surface area contributed by atoms with Gasteiger partial charge in [0.25, 0.3) is 0 Å². The molecule has 1 aliphatic carbocycles. The standard InChI is InChI=1S/C51H34N4O/c1-4-13-33(14-5-1)35-23-27-37(28-24-35)49-52-50(38-29-25-36(26-30-38)34-15-6-2-7-16-34)54-51(53-49)42-21-12-20-41-47-45(56-48(41)42)32-31-44-46(47)40-19-10-11-22-43(40)55(44)39-17-8-3-9-18-39/h1-32,44,46H. The monoisotopic (exact) mass is 718 g/mol. The fourth-order valence-corrected chi connectivity index (χ4v) is 8.49. The number of hydrogen-bond donors (Lipinski definition) is 0. The van der Waals surface area contributed by atoms with E-state index < -0.39 is 0 Å². The van der Waals surface area contributed by atoms with Crippen LogP contribution in [0.25, 0.3) is 73.5 Å². The highest BCUT2D eigenvalue weighted by Gasteiger charge is 2.43. The van der Waals surface area contributed by atoms with Crippen LogP contribution in [0.4, 0.5) is 11.4 Å². The molecule has 0 spiro atoms. The molecule has 5 heteroatoms. The fourth-order valence-electron chi connectivity index (χ4n) is 8.49. The van der Waals surface area contributed by atoms with Crippen LogP contribution in [0.15, 0.2) is 192 Å². The van der Waals surface area contributed by atoms with Gasteiger partial charge < -0.3 is 9.32 Å². The lowest BCUT2D eigenvalue weighted by atomic mass is 9.82. The average Bonchev–Trinajstić information content (AvgIpc) is 3.83. The number of furan rings is 1. The first-order valence-electron chi connectivity index (χ1n) is 19.0. The number of benzene rings is 7. The van der Waals surface area contributed by atoms with E-state index >= 15 is 0 Å². The Morgan fingerprint density at radius 2 is 0.964 bits per heavy atom. The number of anilines is 2. The summed E-state index contributed by atoms with van der Waals surface area (Å²) in [7, 11) is 0. The molecule has 1 aliphatic heterocycles. The Hall–Kier alpha value is -7.37. The van der Waals surface area contributed by atoms with Gasteiger partial charge in [0.05, 0.1) is 11.6 Å². The van der Waals surface area contributed by atoms with Crippen LogP contribution in [0.3, 0.4) is 0 Å². The number of nitrogens with zero attached hydrogens (tertiary/aromatic N) is 4. The van der Waals surface area contributed by atoms with Gasteiger partial charge in [-0.05, 0) is 58.2 Å². The zero-order valence-electron chi connectivity index (χ0n) is 30.3. The molecule has 0 fully saturated rings. The minimum atomic E-state index is 0.0960. The van der Waals surface area contributed by atoms with Crippen molar-refractivity contribution in [3.8, 4) is 56.4 Å². The second-order valence-corrected chi connectivity index (χ2v) is 14.3. The van der Waals surface area contributed by atoms with E-state index in [2.05, 4.69) is 187 Å². The molecule has 56 heavy (non-hydrogen) atoms. The second kappa shape index (κ2) is 13.2. The van der Waals surface area contributed by atoms with Gasteiger partial charge in [-0.1, -0.05) is 164 Å². The molecule has 264 valence electrons. The predicted octanol–water partition coefficient (Wildman–Crippen LogP) is 12.6. The molecule has 2 aromatic heterocycles. The average molecular weight is 719 g/mol. The van der Waals surface area contributed by atoms with Gasteiger partial charge in [0.15, 0.2) is 17.5 Å². The number of rotatable bonds is 6. The van der Waals surface area contributed by atoms with E-state index in [-0.39, 0.29) is 12.0 Å². The van der Waals surface area contributed by atoms with E-state index in [1.807, 2.05) is 12.1 Å². The molecule has 0 bridgehead atoms. The van der Waals surface area contributed by atoms with Crippen LogP contribution < -0.4 is 4.90 Å². The smallest absolute Gasteiger partial charge is 0.167 e. The first-order chi connectivity index (χ1) is 27.8. The first kappa shape index (κ1) is 32.1. The lowest BCUT2D eigenvalue weighted by Gasteiger charge is -2.30. The van der Waals surface area contributed by atoms with E-state index in [0.29, 0.717) is 17.5 Å². The molecular formula is C51H34N4O. The van der Waals surface area contributed by atoms with Crippen LogP contribution in [-0.2, 0) is 0 Å². The molecule has 3 heterocycles. The maximum atomic E-state index is 6.86. The molecule has 2 aliphatic rings. The SMILES string of the molecule is C1=CC2C(c3ccccc3N2c2ccccc2)c2c1oc1c(-c3nc(-c4ccc(-c5ccccc5)cc4)nc(-c4ccc(-c5ccccc5)cc4)n3)cccc21. The summed E-state index contributed by atoms with van der Waals surface area (Å²) in [6.45, 7) is 0. The summed E-state index contributed by atoms with van der Waals surface area (Å²) in [5.41, 5.74) is 12.9. The third-order valence-corrected chi connectivity index (χ3v) is 11.1. The van der Waals surface area contributed by atoms with Crippen molar-refractivity contribution in [2.24, 2.45) is 0 Å². The molecule has 11 rings (SSSR count). The van der Waals surface area contributed by atoms with Gasteiger partial charge >= 0.3 is 0 Å².